The summed E-state index contributed by atoms with van der Waals surface area (Å²) in [5, 5.41) is 11.1. The molecule has 0 fully saturated rings. The molecule has 0 bridgehead atoms. The third-order valence-electron chi connectivity index (χ3n) is 4.30. The van der Waals surface area contributed by atoms with Crippen LogP contribution >= 0.6 is 0 Å². The zero-order valence-corrected chi connectivity index (χ0v) is 16.2. The number of rotatable bonds is 10. The van der Waals surface area contributed by atoms with Gasteiger partial charge in [0.1, 0.15) is 0 Å². The number of nitrogens with one attached hydrogen (secondary N) is 1. The average molecular weight is 358 g/mol. The Morgan fingerprint density at radius 1 is 1.12 bits per heavy atom. The minimum absolute atomic E-state index is 0.0697. The number of benzene rings is 1. The number of aryl methyl sites for hydroxylation is 1. The van der Waals surface area contributed by atoms with Gasteiger partial charge in [-0.1, -0.05) is 18.2 Å². The van der Waals surface area contributed by atoms with E-state index in [0.29, 0.717) is 49.7 Å². The largest absolute Gasteiger partial charge is 0.421 e. The minimum Gasteiger partial charge on any atom is -0.421 e. The standard InChI is InChI=1S/C20H30N4O2/c1-15(2)24(16(3)4)14-13-21-18(25)11-8-12-19-22-23-20(26-19)17-9-6-5-7-10-17/h5-7,9-10,15-16H,8,11-14H2,1-4H3,(H,21,25). The van der Waals surface area contributed by atoms with Crippen LogP contribution in [0.3, 0.4) is 0 Å². The number of aromatic nitrogens is 2. The van der Waals surface area contributed by atoms with E-state index in [1.165, 1.54) is 0 Å². The van der Waals surface area contributed by atoms with E-state index in [4.69, 9.17) is 4.42 Å². The van der Waals surface area contributed by atoms with E-state index in [2.05, 4.69) is 48.1 Å². The summed E-state index contributed by atoms with van der Waals surface area (Å²) in [6, 6.07) is 10.6. The molecule has 142 valence electrons. The predicted molar refractivity (Wildman–Crippen MR) is 103 cm³/mol. The van der Waals surface area contributed by atoms with Gasteiger partial charge in [0.05, 0.1) is 0 Å². The van der Waals surface area contributed by atoms with E-state index in [0.717, 1.165) is 12.1 Å². The lowest BCUT2D eigenvalue weighted by Crippen LogP contribution is -2.42. The molecule has 0 unspecified atom stereocenters. The fraction of sp³-hybridized carbons (Fsp3) is 0.550. The Morgan fingerprint density at radius 2 is 1.81 bits per heavy atom. The Kier molecular flexibility index (Phi) is 7.78. The van der Waals surface area contributed by atoms with Crippen LogP contribution in [0.5, 0.6) is 0 Å². The molecular weight excluding hydrogens is 328 g/mol. The Bertz CT molecular complexity index is 659. The Labute approximate surface area is 156 Å². The second-order valence-electron chi connectivity index (χ2n) is 7.00. The van der Waals surface area contributed by atoms with Gasteiger partial charge in [0.25, 0.3) is 0 Å². The van der Waals surface area contributed by atoms with E-state index < -0.39 is 0 Å². The van der Waals surface area contributed by atoms with Crippen molar-refractivity contribution < 1.29 is 9.21 Å². The first-order valence-electron chi connectivity index (χ1n) is 9.37. The van der Waals surface area contributed by atoms with Gasteiger partial charge in [-0.15, -0.1) is 10.2 Å². The normalized spacial score (nSPS) is 11.5. The van der Waals surface area contributed by atoms with Gasteiger partial charge in [-0.3, -0.25) is 9.69 Å². The summed E-state index contributed by atoms with van der Waals surface area (Å²) in [5.74, 6) is 1.16. The summed E-state index contributed by atoms with van der Waals surface area (Å²) >= 11 is 0. The molecule has 26 heavy (non-hydrogen) atoms. The molecule has 0 saturated heterocycles. The highest BCUT2D eigenvalue weighted by Gasteiger charge is 2.13. The van der Waals surface area contributed by atoms with Crippen molar-refractivity contribution in [2.45, 2.75) is 59.0 Å². The molecule has 0 spiro atoms. The SMILES string of the molecule is CC(C)N(CCNC(=O)CCCc1nnc(-c2ccccc2)o1)C(C)C. The molecule has 6 nitrogen and oxygen atoms in total. The quantitative estimate of drug-likeness (QED) is 0.706. The van der Waals surface area contributed by atoms with E-state index >= 15 is 0 Å². The molecule has 0 atom stereocenters. The number of carbonyl (C=O) groups is 1. The van der Waals surface area contributed by atoms with Crippen LogP contribution in [0.25, 0.3) is 11.5 Å². The van der Waals surface area contributed by atoms with Crippen molar-refractivity contribution in [1.29, 1.82) is 0 Å². The van der Waals surface area contributed by atoms with Crippen molar-refractivity contribution >= 4 is 5.91 Å². The molecule has 0 saturated carbocycles. The number of amides is 1. The second-order valence-corrected chi connectivity index (χ2v) is 7.00. The molecule has 1 aromatic carbocycles. The lowest BCUT2D eigenvalue weighted by molar-refractivity contribution is -0.121. The fourth-order valence-electron chi connectivity index (χ4n) is 2.98. The third kappa shape index (κ3) is 6.26. The van der Waals surface area contributed by atoms with Crippen LogP contribution < -0.4 is 5.32 Å². The summed E-state index contributed by atoms with van der Waals surface area (Å²) < 4.78 is 5.66. The number of hydrogen-bond donors (Lipinski definition) is 1. The molecule has 6 heteroatoms. The smallest absolute Gasteiger partial charge is 0.247 e. The monoisotopic (exact) mass is 358 g/mol. The van der Waals surface area contributed by atoms with Crippen LogP contribution in [0.15, 0.2) is 34.7 Å². The van der Waals surface area contributed by atoms with E-state index in [9.17, 15) is 4.79 Å². The molecule has 1 N–H and O–H groups in total. The molecule has 0 aliphatic heterocycles. The van der Waals surface area contributed by atoms with Gasteiger partial charge in [-0.2, -0.15) is 0 Å². The first kappa shape index (κ1) is 20.1. The maximum atomic E-state index is 12.0. The Morgan fingerprint density at radius 3 is 2.46 bits per heavy atom. The summed E-state index contributed by atoms with van der Waals surface area (Å²) in [5.41, 5.74) is 0.906. The molecule has 2 aromatic rings. The van der Waals surface area contributed by atoms with Gasteiger partial charge in [0.15, 0.2) is 0 Å². The van der Waals surface area contributed by atoms with Crippen molar-refractivity contribution in [3.63, 3.8) is 0 Å². The maximum absolute atomic E-state index is 12.0. The highest BCUT2D eigenvalue weighted by molar-refractivity contribution is 5.75. The summed E-state index contributed by atoms with van der Waals surface area (Å²) in [7, 11) is 0. The maximum Gasteiger partial charge on any atom is 0.247 e. The fourth-order valence-corrected chi connectivity index (χ4v) is 2.98. The molecular formula is C20H30N4O2. The summed E-state index contributed by atoms with van der Waals surface area (Å²) in [4.78, 5) is 14.3. The molecule has 1 amide bonds. The molecule has 1 aromatic heterocycles. The van der Waals surface area contributed by atoms with Crippen LogP contribution in [0.1, 0.15) is 46.4 Å². The van der Waals surface area contributed by atoms with Crippen LogP contribution in [-0.2, 0) is 11.2 Å². The van der Waals surface area contributed by atoms with Gasteiger partial charge >= 0.3 is 0 Å². The van der Waals surface area contributed by atoms with Crippen LogP contribution in [0, 0.1) is 0 Å². The van der Waals surface area contributed by atoms with Crippen molar-refractivity contribution in [2.24, 2.45) is 0 Å². The lowest BCUT2D eigenvalue weighted by Gasteiger charge is -2.30. The zero-order chi connectivity index (χ0) is 18.9. The van der Waals surface area contributed by atoms with Gasteiger partial charge in [0.2, 0.25) is 17.7 Å². The molecule has 0 aliphatic rings. The van der Waals surface area contributed by atoms with Crippen LogP contribution in [0.4, 0.5) is 0 Å². The van der Waals surface area contributed by atoms with Gasteiger partial charge in [-0.25, -0.2) is 0 Å². The van der Waals surface area contributed by atoms with Gasteiger partial charge in [-0.05, 0) is 46.2 Å². The predicted octanol–water partition coefficient (Wildman–Crippen LogP) is 3.29. The number of hydrogen-bond acceptors (Lipinski definition) is 5. The van der Waals surface area contributed by atoms with Gasteiger partial charge in [0, 0.05) is 43.6 Å². The van der Waals surface area contributed by atoms with Crippen molar-refractivity contribution in [2.75, 3.05) is 13.1 Å². The third-order valence-corrected chi connectivity index (χ3v) is 4.30. The van der Waals surface area contributed by atoms with Crippen LogP contribution in [0.2, 0.25) is 0 Å². The van der Waals surface area contributed by atoms with Gasteiger partial charge < -0.3 is 9.73 Å². The highest BCUT2D eigenvalue weighted by atomic mass is 16.4. The highest BCUT2D eigenvalue weighted by Crippen LogP contribution is 2.17. The van der Waals surface area contributed by atoms with E-state index in [1.807, 2.05) is 30.3 Å². The topological polar surface area (TPSA) is 71.3 Å². The molecule has 0 aliphatic carbocycles. The molecule has 0 radical (unpaired) electrons. The average Bonchev–Trinajstić information content (AvgIpc) is 3.07. The summed E-state index contributed by atoms with van der Waals surface area (Å²) in [6.07, 6.45) is 1.77. The number of nitrogens with zero attached hydrogens (tertiary/aromatic N) is 3. The Balaban J connectivity index is 1.68. The lowest BCUT2D eigenvalue weighted by atomic mass is 10.2. The Hall–Kier alpha value is -2.21. The van der Waals surface area contributed by atoms with Crippen molar-refractivity contribution in [3.05, 3.63) is 36.2 Å². The zero-order valence-electron chi connectivity index (χ0n) is 16.2. The van der Waals surface area contributed by atoms with E-state index in [-0.39, 0.29) is 5.91 Å². The first-order chi connectivity index (χ1) is 12.5. The number of carbonyl (C=O) groups excluding carboxylic acids is 1. The minimum atomic E-state index is 0.0697. The molecule has 2 rings (SSSR count). The first-order valence-corrected chi connectivity index (χ1v) is 9.37. The van der Waals surface area contributed by atoms with E-state index in [1.54, 1.807) is 0 Å². The molecule has 1 heterocycles. The van der Waals surface area contributed by atoms with Crippen molar-refractivity contribution in [1.82, 2.24) is 20.4 Å². The van der Waals surface area contributed by atoms with Crippen molar-refractivity contribution in [3.8, 4) is 11.5 Å². The second kappa shape index (κ2) is 10.1. The van der Waals surface area contributed by atoms with Crippen LogP contribution in [-0.4, -0.2) is 46.2 Å². The summed E-state index contributed by atoms with van der Waals surface area (Å²) in [6.45, 7) is 10.2.